The molecule has 20 rings (SSSR count). The molecule has 15 heterocycles. The van der Waals surface area contributed by atoms with Crippen LogP contribution in [0.3, 0.4) is 0 Å². The molecule has 0 spiro atoms. The maximum absolute atomic E-state index is 10.6. The van der Waals surface area contributed by atoms with E-state index in [1.807, 2.05) is 179 Å². The van der Waals surface area contributed by atoms with Gasteiger partial charge in [0.2, 0.25) is 0 Å². The Hall–Kier alpha value is -0.900. The summed E-state index contributed by atoms with van der Waals surface area (Å²) in [4.78, 5) is 6.77. The smallest absolute Gasteiger partial charge is 0.130 e. The van der Waals surface area contributed by atoms with Crippen LogP contribution in [0.5, 0.6) is 28.7 Å². The molecule has 13 N–H and O–H groups in total. The highest BCUT2D eigenvalue weighted by Gasteiger charge is 2.52. The molecule has 4 fully saturated rings. The Morgan fingerprint density at radius 1 is 0.415 bits per heavy atom. The van der Waals surface area contributed by atoms with Crippen LogP contribution in [-0.2, 0) is 60.9 Å². The van der Waals surface area contributed by atoms with Gasteiger partial charge in [-0.1, -0.05) is 171 Å². The first kappa shape index (κ1) is 95.3. The van der Waals surface area contributed by atoms with E-state index < -0.39 is 36.1 Å². The second-order valence-corrected chi connectivity index (χ2v) is 54.5. The Morgan fingerprint density at radius 3 is 1.13 bits per heavy atom. The van der Waals surface area contributed by atoms with Crippen molar-refractivity contribution in [2.24, 2.45) is 11.3 Å². The molecule has 4 saturated heterocycles. The van der Waals surface area contributed by atoms with Gasteiger partial charge >= 0.3 is 0 Å². The normalized spacial score (nSPS) is 27.6. The van der Waals surface area contributed by atoms with Gasteiger partial charge in [-0.2, -0.15) is 15.2 Å². The van der Waals surface area contributed by atoms with Gasteiger partial charge in [-0.25, -0.2) is 0 Å². The summed E-state index contributed by atoms with van der Waals surface area (Å²) >= 11 is 0. The maximum atomic E-state index is 10.6. The number of aliphatic hydroxyl groups is 5. The zero-order chi connectivity index (χ0) is 86.3. The van der Waals surface area contributed by atoms with E-state index in [4.69, 9.17) is 23.7 Å². The van der Waals surface area contributed by atoms with Gasteiger partial charge in [0.05, 0.1) is 11.1 Å². The van der Waals surface area contributed by atoms with Gasteiger partial charge in [-0.05, 0) is 221 Å². The van der Waals surface area contributed by atoms with Crippen LogP contribution in [0.4, 0.5) is 0 Å². The van der Waals surface area contributed by atoms with Gasteiger partial charge in [0, 0.05) is 190 Å². The molecule has 676 valence electrons. The first-order chi connectivity index (χ1) is 58.9. The first-order valence-electron chi connectivity index (χ1n) is 43.1. The number of hydrogen-bond donors (Lipinski definition) is 13. The van der Waals surface area contributed by atoms with Gasteiger partial charge in [0.25, 0.3) is 0 Å². The third-order valence-electron chi connectivity index (χ3n) is 26.1. The topological polar surface area (TPSA) is 278 Å². The fourth-order valence-electron chi connectivity index (χ4n) is 18.3. The Balaban J connectivity index is 0.000000114. The van der Waals surface area contributed by atoms with E-state index in [1.54, 1.807) is 0 Å². The zero-order valence-corrected chi connectivity index (χ0v) is 83.1. The highest BCUT2D eigenvalue weighted by Crippen LogP contribution is 2.55. The van der Waals surface area contributed by atoms with Crippen LogP contribution in [0.1, 0.15) is 151 Å². The number of ether oxygens (including phenoxy) is 5. The molecular weight excluding hydrogens is 1830 g/mol. The molecular formula is C88H122N8O13S14. The summed E-state index contributed by atoms with van der Waals surface area (Å²) in [6.07, 6.45) is 6.77. The van der Waals surface area contributed by atoms with E-state index >= 15 is 0 Å². The van der Waals surface area contributed by atoms with Crippen LogP contribution in [0.25, 0.3) is 0 Å². The van der Waals surface area contributed by atoms with Crippen molar-refractivity contribution in [3.8, 4) is 28.7 Å². The summed E-state index contributed by atoms with van der Waals surface area (Å²) in [7, 11) is 26.4. The highest BCUT2D eigenvalue weighted by atomic mass is 33.1. The zero-order valence-electron chi connectivity index (χ0n) is 71.7. The fourth-order valence-corrected chi connectivity index (χ4v) is 37.5. The number of fused-ring (bicyclic) bond motifs is 10. The molecule has 21 nitrogen and oxygen atoms in total. The molecule has 0 bridgehead atoms. The van der Waals surface area contributed by atoms with Crippen molar-refractivity contribution in [2.75, 3.05) is 83.5 Å². The van der Waals surface area contributed by atoms with Crippen molar-refractivity contribution in [1.82, 2.24) is 41.8 Å². The predicted molar refractivity (Wildman–Crippen MR) is 520 cm³/mol. The van der Waals surface area contributed by atoms with Crippen molar-refractivity contribution in [3.63, 3.8) is 0 Å². The van der Waals surface area contributed by atoms with Crippen molar-refractivity contribution >= 4 is 151 Å². The molecule has 0 saturated carbocycles. The molecule has 0 aliphatic carbocycles. The molecule has 15 aliphatic rings. The lowest BCUT2D eigenvalue weighted by molar-refractivity contribution is -0.196. The van der Waals surface area contributed by atoms with E-state index in [2.05, 4.69) is 135 Å². The largest absolute Gasteiger partial charge is 0.487 e. The summed E-state index contributed by atoms with van der Waals surface area (Å²) in [6.45, 7) is 28.4. The molecule has 5 aromatic rings. The lowest BCUT2D eigenvalue weighted by atomic mass is 9.87. The summed E-state index contributed by atoms with van der Waals surface area (Å²) in [6, 6.07) is 22.3. The van der Waals surface area contributed by atoms with Crippen LogP contribution >= 0.6 is 151 Å². The predicted octanol–water partition coefficient (Wildman–Crippen LogP) is 16.2. The summed E-state index contributed by atoms with van der Waals surface area (Å²) < 4.78 is 30.1. The Labute approximate surface area is 781 Å². The molecule has 13 atom stereocenters. The molecule has 0 radical (unpaired) electrons. The number of piperidine rings is 1. The standard InChI is InChI=1S/C20H30N2O3S2.C20H28N2O3S2.C17H23NO2S4.C16H22N2O3S2.C15H19NO2S4/c2*1-19(2)8-14(20(3,4)22(19)24)9-21-10-15(23)17-5-12-7-18-13(11-26-27-18)6-16(12)25-17;1-17(2)9-22-24-16(17)7-18-6-12(19)14-3-10-5-15-11(8-21-23-15)4-13(10)20-14;19-13(8-17-12-1-3-18(20)4-2-12)15-5-10-7-16-11(9-22-23-16)6-14(10)21-15;17-12(7-16-6-11-1-2-19-21-11)14-3-9-5-15-10(8-20-22-15)4-13(9)18-14/h6-7,14-15,17,21,23-24H,5,8-11H2,1-4H3;6-8,15,17,21,23-24H,5,9-11H2,1-4H3;4-5,12,14,16,18-19H,3,6-9H2,1-2H3;6-7,12-13,15,17,19-20H,1-5,8-9H2;4-5,11-12,14,16-17H,1-3,6-8H2. The number of nitrogens with zero attached hydrogens (tertiary/aromatic N) is 3. The highest BCUT2D eigenvalue weighted by molar-refractivity contribution is 8.78. The molecule has 15 aliphatic heterocycles. The Bertz CT molecular complexity index is 4390. The fraction of sp³-hybridized carbons (Fsp3) is 0.636. The number of hydroxylamine groups is 6. The number of rotatable bonds is 24. The average Bonchev–Trinajstić information content (AvgIpc) is 1.61. The van der Waals surface area contributed by atoms with E-state index in [9.17, 15) is 41.2 Å². The average molecular weight is 1950 g/mol. The van der Waals surface area contributed by atoms with Crippen molar-refractivity contribution < 1.29 is 64.8 Å². The monoisotopic (exact) mass is 1950 g/mol. The second-order valence-electron chi connectivity index (χ2n) is 37.5. The summed E-state index contributed by atoms with van der Waals surface area (Å²) in [5.41, 5.74) is 13.1. The van der Waals surface area contributed by atoms with Gasteiger partial charge < -0.3 is 91.4 Å². The lowest BCUT2D eigenvalue weighted by Gasteiger charge is -2.36. The minimum Gasteiger partial charge on any atom is -0.487 e. The number of hydrogen-bond acceptors (Lipinski definition) is 35. The van der Waals surface area contributed by atoms with Crippen LogP contribution in [0.2, 0.25) is 0 Å². The Morgan fingerprint density at radius 2 is 0.789 bits per heavy atom. The SMILES string of the molecule is CC1(C)C=C(CNCC(O)C2Cc3cc4c(cc3O2)CSS4)C(C)(C)N1O.CC1(C)CC(CNCC(O)C2Cc3cc4c(cc3O2)CSS4)C(C)(C)N1O.CC1(C)CSSC1CNCC(O)C1Cc2cc3c(cc2O1)CSS3.OC(CNC1CCN(O)CC1)C1Cc2cc3c(cc2O1)CSS3.OC(CNCC1CCSS1)C1Cc2cc3c(cc2O1)CSS3. The molecule has 0 amide bonds. The van der Waals surface area contributed by atoms with Crippen LogP contribution < -0.4 is 50.3 Å². The lowest BCUT2D eigenvalue weighted by Crippen LogP contribution is -2.49. The molecule has 123 heavy (non-hydrogen) atoms. The van der Waals surface area contributed by atoms with Crippen molar-refractivity contribution in [3.05, 3.63) is 128 Å². The second kappa shape index (κ2) is 41.5. The van der Waals surface area contributed by atoms with Gasteiger partial charge in [-0.15, -0.1) is 0 Å². The van der Waals surface area contributed by atoms with Crippen LogP contribution in [-0.4, -0.2) is 240 Å². The Kier molecular flexibility index (Phi) is 32.2. The minimum atomic E-state index is -0.572. The van der Waals surface area contributed by atoms with Crippen molar-refractivity contribution in [2.45, 2.75) is 280 Å². The van der Waals surface area contributed by atoms with E-state index in [-0.39, 0.29) is 47.1 Å². The number of aliphatic hydroxyl groups excluding tert-OH is 5. The number of benzene rings is 5. The van der Waals surface area contributed by atoms with E-state index in [0.29, 0.717) is 80.2 Å². The molecule has 13 unspecified atom stereocenters. The summed E-state index contributed by atoms with van der Waals surface area (Å²) in [5, 5.41) is 105. The summed E-state index contributed by atoms with van der Waals surface area (Å²) in [5.74, 6) is 12.8. The quantitative estimate of drug-likeness (QED) is 0.0202. The third kappa shape index (κ3) is 22.9. The number of nitrogens with one attached hydrogen (secondary N) is 5. The van der Waals surface area contributed by atoms with Gasteiger partial charge in [0.1, 0.15) is 89.8 Å². The van der Waals surface area contributed by atoms with Gasteiger partial charge in [0.15, 0.2) is 0 Å². The molecule has 0 aromatic heterocycles. The molecule has 35 heteroatoms. The maximum Gasteiger partial charge on any atom is 0.130 e. The van der Waals surface area contributed by atoms with Crippen molar-refractivity contribution in [1.29, 1.82) is 0 Å². The minimum absolute atomic E-state index is 0.103. The van der Waals surface area contributed by atoms with Crippen LogP contribution in [0, 0.1) is 11.3 Å². The molecule has 5 aromatic carbocycles. The van der Waals surface area contributed by atoms with E-state index in [0.717, 1.165) is 134 Å². The van der Waals surface area contributed by atoms with Crippen LogP contribution in [0.15, 0.2) is 96.8 Å². The third-order valence-corrected chi connectivity index (χ3v) is 44.2. The first-order valence-corrected chi connectivity index (χ1v) is 59.5. The van der Waals surface area contributed by atoms with Gasteiger partial charge in [-0.3, -0.25) is 0 Å². The van der Waals surface area contributed by atoms with E-state index in [1.165, 1.54) is 113 Å².